The lowest BCUT2D eigenvalue weighted by molar-refractivity contribution is 0.0938. The highest BCUT2D eigenvalue weighted by atomic mass is 32.2. The maximum atomic E-state index is 12.5. The maximum Gasteiger partial charge on any atom is 0.306 e. The van der Waals surface area contributed by atoms with Crippen LogP contribution in [0.25, 0.3) is 0 Å². The first-order valence-corrected chi connectivity index (χ1v) is 8.94. The van der Waals surface area contributed by atoms with Gasteiger partial charge >= 0.3 is 10.1 Å². The minimum atomic E-state index is -3.71. The van der Waals surface area contributed by atoms with Crippen molar-refractivity contribution in [2.45, 2.75) is 19.9 Å². The van der Waals surface area contributed by atoms with E-state index in [1.54, 1.807) is 12.1 Å². The molecule has 0 fully saturated rings. The van der Waals surface area contributed by atoms with E-state index in [0.717, 1.165) is 17.4 Å². The van der Waals surface area contributed by atoms with Crippen molar-refractivity contribution in [3.63, 3.8) is 0 Å². The Morgan fingerprint density at radius 2 is 1.78 bits per heavy atom. The van der Waals surface area contributed by atoms with Gasteiger partial charge in [-0.3, -0.25) is 4.79 Å². The number of carbonyl (C=O) groups is 1. The van der Waals surface area contributed by atoms with Crippen molar-refractivity contribution in [3.05, 3.63) is 65.2 Å². The smallest absolute Gasteiger partial charge is 0.306 e. The van der Waals surface area contributed by atoms with Crippen molar-refractivity contribution in [1.29, 1.82) is 0 Å². The maximum absolute atomic E-state index is 12.5. The largest absolute Gasteiger partial charge is 0.382 e. The van der Waals surface area contributed by atoms with Gasteiger partial charge in [-0.2, -0.15) is 8.42 Å². The molecule has 2 aromatic carbocycles. The summed E-state index contributed by atoms with van der Waals surface area (Å²) >= 11 is 0. The average molecular weight is 333 g/mol. The van der Waals surface area contributed by atoms with Crippen LogP contribution in [-0.4, -0.2) is 20.6 Å². The molecule has 2 aromatic rings. The molecule has 0 aliphatic heterocycles. The molecule has 0 saturated heterocycles. The molecule has 5 nitrogen and oxygen atoms in total. The summed E-state index contributed by atoms with van der Waals surface area (Å²) < 4.78 is 27.6. The van der Waals surface area contributed by atoms with Gasteiger partial charge in [-0.15, -0.1) is 0 Å². The van der Waals surface area contributed by atoms with Crippen LogP contribution in [0.2, 0.25) is 0 Å². The van der Waals surface area contributed by atoms with Crippen molar-refractivity contribution in [2.24, 2.45) is 0 Å². The van der Waals surface area contributed by atoms with Crippen LogP contribution in [0.1, 0.15) is 34.5 Å². The zero-order valence-electron chi connectivity index (χ0n) is 13.2. The molecule has 0 aromatic heterocycles. The number of carbonyl (C=O) groups excluding carboxylic acids is 1. The Morgan fingerprint density at radius 1 is 1.13 bits per heavy atom. The molecule has 2 rings (SSSR count). The molecule has 0 aliphatic carbocycles. The number of hydrogen-bond donors (Lipinski definition) is 1. The average Bonchev–Trinajstić information content (AvgIpc) is 2.48. The second-order valence-electron chi connectivity index (χ2n) is 5.39. The van der Waals surface area contributed by atoms with Gasteiger partial charge in [0.25, 0.3) is 5.91 Å². The van der Waals surface area contributed by atoms with E-state index in [4.69, 9.17) is 4.18 Å². The highest BCUT2D eigenvalue weighted by Gasteiger charge is 2.18. The highest BCUT2D eigenvalue weighted by molar-refractivity contribution is 7.86. The zero-order chi connectivity index (χ0) is 17.0. The standard InChI is InChI=1S/C17H19NO4S/c1-12-9-10-16(22-23(3,20)21)15(11-12)17(19)18-13(2)14-7-5-4-6-8-14/h4-11,13H,1-3H3,(H,18,19)/t13-/m0/s1. The van der Waals surface area contributed by atoms with Crippen LogP contribution in [0, 0.1) is 6.92 Å². The predicted molar refractivity (Wildman–Crippen MR) is 89.0 cm³/mol. The number of hydrogen-bond acceptors (Lipinski definition) is 4. The van der Waals surface area contributed by atoms with Gasteiger partial charge in [-0.05, 0) is 31.5 Å². The van der Waals surface area contributed by atoms with Crippen LogP contribution in [0.3, 0.4) is 0 Å². The summed E-state index contributed by atoms with van der Waals surface area (Å²) in [5.74, 6) is -0.362. The van der Waals surface area contributed by atoms with E-state index < -0.39 is 10.1 Å². The van der Waals surface area contributed by atoms with Gasteiger partial charge in [0.1, 0.15) is 0 Å². The first-order valence-electron chi connectivity index (χ1n) is 7.12. The van der Waals surface area contributed by atoms with E-state index in [2.05, 4.69) is 5.32 Å². The van der Waals surface area contributed by atoms with E-state index in [1.807, 2.05) is 44.2 Å². The molecule has 0 radical (unpaired) electrons. The van der Waals surface area contributed by atoms with E-state index in [0.29, 0.717) is 0 Å². The van der Waals surface area contributed by atoms with Gasteiger partial charge in [0.05, 0.1) is 17.9 Å². The minimum absolute atomic E-state index is 0.0239. The first-order chi connectivity index (χ1) is 10.8. The normalized spacial score (nSPS) is 12.5. The van der Waals surface area contributed by atoms with Crippen molar-refractivity contribution >= 4 is 16.0 Å². The van der Waals surface area contributed by atoms with Crippen molar-refractivity contribution in [1.82, 2.24) is 5.32 Å². The third-order valence-corrected chi connectivity index (χ3v) is 3.75. The van der Waals surface area contributed by atoms with Gasteiger partial charge < -0.3 is 9.50 Å². The molecule has 0 bridgehead atoms. The Balaban J connectivity index is 2.26. The van der Waals surface area contributed by atoms with Crippen LogP contribution in [0.5, 0.6) is 5.75 Å². The molecule has 0 spiro atoms. The number of amides is 1. The van der Waals surface area contributed by atoms with Crippen LogP contribution in [0.15, 0.2) is 48.5 Å². The van der Waals surface area contributed by atoms with E-state index in [9.17, 15) is 13.2 Å². The molecule has 1 atom stereocenters. The third-order valence-electron chi connectivity index (χ3n) is 3.27. The topological polar surface area (TPSA) is 72.5 Å². The summed E-state index contributed by atoms with van der Waals surface area (Å²) in [4.78, 5) is 12.5. The lowest BCUT2D eigenvalue weighted by Gasteiger charge is -2.16. The molecule has 122 valence electrons. The molecule has 6 heteroatoms. The number of aryl methyl sites for hydroxylation is 1. The molecule has 0 aliphatic rings. The molecule has 0 saturated carbocycles. The van der Waals surface area contributed by atoms with Gasteiger partial charge in [-0.1, -0.05) is 42.0 Å². The molecule has 1 N–H and O–H groups in total. The van der Waals surface area contributed by atoms with Crippen LogP contribution in [-0.2, 0) is 10.1 Å². The van der Waals surface area contributed by atoms with Crippen molar-refractivity contribution in [2.75, 3.05) is 6.26 Å². The number of rotatable bonds is 5. The van der Waals surface area contributed by atoms with E-state index >= 15 is 0 Å². The first kappa shape index (κ1) is 17.0. The van der Waals surface area contributed by atoms with Crippen LogP contribution in [0.4, 0.5) is 0 Å². The quantitative estimate of drug-likeness (QED) is 0.854. The molecular weight excluding hydrogens is 314 g/mol. The Kier molecular flexibility index (Phi) is 5.05. The summed E-state index contributed by atoms with van der Waals surface area (Å²) in [7, 11) is -3.71. The number of benzene rings is 2. The lowest BCUT2D eigenvalue weighted by atomic mass is 10.1. The summed E-state index contributed by atoms with van der Waals surface area (Å²) in [6.45, 7) is 3.68. The van der Waals surface area contributed by atoms with Gasteiger partial charge in [0.2, 0.25) is 0 Å². The molecule has 0 unspecified atom stereocenters. The van der Waals surface area contributed by atoms with Crippen LogP contribution < -0.4 is 9.50 Å². The Morgan fingerprint density at radius 3 is 2.39 bits per heavy atom. The number of nitrogens with one attached hydrogen (secondary N) is 1. The molecule has 23 heavy (non-hydrogen) atoms. The fraction of sp³-hybridized carbons (Fsp3) is 0.235. The van der Waals surface area contributed by atoms with Crippen molar-refractivity contribution in [3.8, 4) is 5.75 Å². The summed E-state index contributed by atoms with van der Waals surface area (Å²) in [5.41, 5.74) is 1.99. The second-order valence-corrected chi connectivity index (χ2v) is 6.97. The van der Waals surface area contributed by atoms with Crippen molar-refractivity contribution < 1.29 is 17.4 Å². The summed E-state index contributed by atoms with van der Waals surface area (Å²) in [6, 6.07) is 14.1. The fourth-order valence-corrected chi connectivity index (χ4v) is 2.63. The zero-order valence-corrected chi connectivity index (χ0v) is 14.1. The Bertz CT molecular complexity index is 801. The monoisotopic (exact) mass is 333 g/mol. The van der Waals surface area contributed by atoms with E-state index in [-0.39, 0.29) is 23.3 Å². The third kappa shape index (κ3) is 4.82. The SMILES string of the molecule is Cc1ccc(OS(C)(=O)=O)c(C(=O)N[C@@H](C)c2ccccc2)c1. The lowest BCUT2D eigenvalue weighted by Crippen LogP contribution is -2.27. The van der Waals surface area contributed by atoms with Gasteiger partial charge in [0, 0.05) is 0 Å². The minimum Gasteiger partial charge on any atom is -0.382 e. The van der Waals surface area contributed by atoms with Gasteiger partial charge in [0.15, 0.2) is 5.75 Å². The van der Waals surface area contributed by atoms with E-state index in [1.165, 1.54) is 6.07 Å². The molecular formula is C17H19NO4S. The summed E-state index contributed by atoms with van der Waals surface area (Å²) in [6.07, 6.45) is 0.946. The second kappa shape index (κ2) is 6.83. The Labute approximate surface area is 136 Å². The van der Waals surface area contributed by atoms with Gasteiger partial charge in [-0.25, -0.2) is 0 Å². The predicted octanol–water partition coefficient (Wildman–Crippen LogP) is 2.82. The molecule has 1 amide bonds. The summed E-state index contributed by atoms with van der Waals surface area (Å²) in [5, 5.41) is 2.85. The highest BCUT2D eigenvalue weighted by Crippen LogP contribution is 2.23. The van der Waals surface area contributed by atoms with Crippen LogP contribution >= 0.6 is 0 Å². The Hall–Kier alpha value is -2.34. The molecule has 0 heterocycles. The fourth-order valence-electron chi connectivity index (χ4n) is 2.16.